The summed E-state index contributed by atoms with van der Waals surface area (Å²) in [5.74, 6) is 1.31. The van der Waals surface area contributed by atoms with Crippen LogP contribution in [-0.2, 0) is 4.79 Å². The number of hydrogen-bond donors (Lipinski definition) is 1. The van der Waals surface area contributed by atoms with Gasteiger partial charge in [0.1, 0.15) is 11.6 Å². The van der Waals surface area contributed by atoms with Crippen LogP contribution in [0.2, 0.25) is 0 Å². The van der Waals surface area contributed by atoms with Crippen molar-refractivity contribution in [2.24, 2.45) is 0 Å². The summed E-state index contributed by atoms with van der Waals surface area (Å²) >= 11 is 0. The van der Waals surface area contributed by atoms with Crippen LogP contribution in [-0.4, -0.2) is 43.2 Å². The number of nitrogen functional groups attached to an aromatic ring is 1. The first-order chi connectivity index (χ1) is 17.5. The number of ether oxygens (including phenoxy) is 1. The van der Waals surface area contributed by atoms with Crippen molar-refractivity contribution in [3.8, 4) is 23.0 Å². The van der Waals surface area contributed by atoms with E-state index < -0.39 is 5.82 Å². The second-order valence-corrected chi connectivity index (χ2v) is 9.26. The number of hydrogen-bond acceptors (Lipinski definition) is 6. The summed E-state index contributed by atoms with van der Waals surface area (Å²) in [5, 5.41) is 0. The van der Waals surface area contributed by atoms with Gasteiger partial charge >= 0.3 is 0 Å². The molecule has 182 valence electrons. The monoisotopic (exact) mass is 484 g/mol. The lowest BCUT2D eigenvalue weighted by atomic mass is 10.0. The maximum atomic E-state index is 15.4. The smallest absolute Gasteiger partial charge is 0.245 e. The molecule has 1 saturated heterocycles. The number of halogens is 1. The Kier molecular flexibility index (Phi) is 5.40. The minimum atomic E-state index is -0.498. The molecule has 1 unspecified atom stereocenters. The van der Waals surface area contributed by atoms with Crippen molar-refractivity contribution < 1.29 is 13.9 Å². The molecule has 0 spiro atoms. The molecule has 8 nitrogen and oxygen atoms in total. The third-order valence-corrected chi connectivity index (χ3v) is 6.88. The highest BCUT2D eigenvalue weighted by molar-refractivity contribution is 5.87. The summed E-state index contributed by atoms with van der Waals surface area (Å²) in [6, 6.07) is 10.4. The molecule has 2 aliphatic rings. The molecule has 9 heteroatoms. The fourth-order valence-electron chi connectivity index (χ4n) is 4.89. The predicted molar refractivity (Wildman–Crippen MR) is 133 cm³/mol. The molecular weight excluding hydrogens is 459 g/mol. The maximum absolute atomic E-state index is 15.4. The van der Waals surface area contributed by atoms with Crippen LogP contribution in [0.5, 0.6) is 11.6 Å². The zero-order valence-electron chi connectivity index (χ0n) is 19.6. The number of carbonyl (C=O) groups is 1. The van der Waals surface area contributed by atoms with Crippen LogP contribution in [0.15, 0.2) is 61.4 Å². The Morgan fingerprint density at radius 1 is 1.11 bits per heavy atom. The van der Waals surface area contributed by atoms with Crippen molar-refractivity contribution in [3.63, 3.8) is 0 Å². The van der Waals surface area contributed by atoms with Crippen molar-refractivity contribution in [1.29, 1.82) is 0 Å². The van der Waals surface area contributed by atoms with Crippen LogP contribution in [0.25, 0.3) is 16.9 Å². The molecule has 36 heavy (non-hydrogen) atoms. The van der Waals surface area contributed by atoms with Gasteiger partial charge in [-0.1, -0.05) is 6.58 Å². The van der Waals surface area contributed by atoms with Gasteiger partial charge in [-0.3, -0.25) is 9.20 Å². The molecular formula is C27H25FN6O2. The number of carbonyl (C=O) groups excluding carboxylic acids is 1. The molecule has 1 aliphatic heterocycles. The van der Waals surface area contributed by atoms with Gasteiger partial charge in [-0.2, -0.15) is 0 Å². The molecule has 0 bridgehead atoms. The normalized spacial score (nSPS) is 17.5. The minimum absolute atomic E-state index is 0.00469. The van der Waals surface area contributed by atoms with Crippen molar-refractivity contribution in [1.82, 2.24) is 24.3 Å². The van der Waals surface area contributed by atoms with Gasteiger partial charge < -0.3 is 15.4 Å². The zero-order chi connectivity index (χ0) is 24.8. The summed E-state index contributed by atoms with van der Waals surface area (Å²) in [4.78, 5) is 27.1. The SMILES string of the molecule is C=CC(=O)N1CCC(c2nc(-c3ccc(Oc4cc(C5CC5)ccn4)cc3F)n3c(N)nccc23)C1. The average molecular weight is 485 g/mol. The van der Waals surface area contributed by atoms with Gasteiger partial charge in [-0.15, -0.1) is 0 Å². The molecule has 1 saturated carbocycles. The van der Waals surface area contributed by atoms with Crippen LogP contribution >= 0.6 is 0 Å². The highest BCUT2D eigenvalue weighted by atomic mass is 19.1. The van der Waals surface area contributed by atoms with E-state index in [1.165, 1.54) is 30.5 Å². The van der Waals surface area contributed by atoms with E-state index in [0.29, 0.717) is 36.5 Å². The highest BCUT2D eigenvalue weighted by Crippen LogP contribution is 2.41. The van der Waals surface area contributed by atoms with Crippen LogP contribution in [0.3, 0.4) is 0 Å². The highest BCUT2D eigenvalue weighted by Gasteiger charge is 2.31. The summed E-state index contributed by atoms with van der Waals surface area (Å²) in [6.45, 7) is 4.70. The van der Waals surface area contributed by atoms with Gasteiger partial charge in [0.25, 0.3) is 0 Å². The third-order valence-electron chi connectivity index (χ3n) is 6.88. The molecule has 6 rings (SSSR count). The van der Waals surface area contributed by atoms with Crippen LogP contribution in [0.4, 0.5) is 10.3 Å². The van der Waals surface area contributed by atoms with E-state index in [2.05, 4.69) is 16.5 Å². The number of amides is 1. The van der Waals surface area contributed by atoms with Crippen LogP contribution in [0, 0.1) is 5.82 Å². The number of imidazole rings is 1. The minimum Gasteiger partial charge on any atom is -0.439 e. The van der Waals surface area contributed by atoms with Gasteiger partial charge in [0.05, 0.1) is 16.8 Å². The number of nitrogens with zero attached hydrogens (tertiary/aromatic N) is 5. The van der Waals surface area contributed by atoms with E-state index in [9.17, 15) is 4.79 Å². The Morgan fingerprint density at radius 2 is 1.94 bits per heavy atom. The number of likely N-dealkylation sites (tertiary alicyclic amines) is 1. The van der Waals surface area contributed by atoms with Gasteiger partial charge in [0.2, 0.25) is 17.7 Å². The van der Waals surface area contributed by atoms with Gasteiger partial charge in [-0.25, -0.2) is 19.3 Å². The van der Waals surface area contributed by atoms with E-state index in [1.807, 2.05) is 18.2 Å². The number of fused-ring (bicyclic) bond motifs is 1. The molecule has 4 heterocycles. The topological polar surface area (TPSA) is 98.6 Å². The first-order valence-corrected chi connectivity index (χ1v) is 12.0. The summed E-state index contributed by atoms with van der Waals surface area (Å²) < 4.78 is 22.9. The number of nitrogens with two attached hydrogens (primary N) is 1. The van der Waals surface area contributed by atoms with Crippen molar-refractivity contribution in [3.05, 3.63) is 78.5 Å². The zero-order valence-corrected chi connectivity index (χ0v) is 19.6. The summed E-state index contributed by atoms with van der Waals surface area (Å²) in [7, 11) is 0. The summed E-state index contributed by atoms with van der Waals surface area (Å²) in [5.41, 5.74) is 9.19. The largest absolute Gasteiger partial charge is 0.439 e. The maximum Gasteiger partial charge on any atom is 0.245 e. The second-order valence-electron chi connectivity index (χ2n) is 9.26. The van der Waals surface area contributed by atoms with Crippen molar-refractivity contribution >= 4 is 17.4 Å². The van der Waals surface area contributed by atoms with Gasteiger partial charge in [0, 0.05) is 43.5 Å². The Bertz CT molecular complexity index is 1500. The van der Waals surface area contributed by atoms with E-state index >= 15 is 4.39 Å². The van der Waals surface area contributed by atoms with Crippen molar-refractivity contribution in [2.45, 2.75) is 31.1 Å². The number of benzene rings is 1. The fourth-order valence-corrected chi connectivity index (χ4v) is 4.89. The first kappa shape index (κ1) is 22.2. The average Bonchev–Trinajstić information content (AvgIpc) is 3.49. The second kappa shape index (κ2) is 8.75. The Labute approximate surface area is 207 Å². The van der Waals surface area contributed by atoms with Gasteiger partial charge in [-0.05, 0) is 61.1 Å². The number of rotatable bonds is 6. The predicted octanol–water partition coefficient (Wildman–Crippen LogP) is 4.68. The molecule has 2 N–H and O–H groups in total. The lowest BCUT2D eigenvalue weighted by molar-refractivity contribution is -0.125. The number of anilines is 1. The van der Waals surface area contributed by atoms with E-state index in [1.54, 1.807) is 33.8 Å². The first-order valence-electron chi connectivity index (χ1n) is 12.0. The molecule has 1 atom stereocenters. The van der Waals surface area contributed by atoms with Crippen LogP contribution in [0.1, 0.15) is 42.4 Å². The number of aromatic nitrogens is 4. The van der Waals surface area contributed by atoms with Crippen molar-refractivity contribution in [2.75, 3.05) is 18.8 Å². The van der Waals surface area contributed by atoms with E-state index in [-0.39, 0.29) is 23.3 Å². The summed E-state index contributed by atoms with van der Waals surface area (Å²) in [6.07, 6.45) is 7.74. The standard InChI is InChI=1S/C27H25FN6O2/c1-2-24(35)33-12-9-18(15-33)25-22-8-11-31-27(29)34(22)26(32-25)20-6-5-19(14-21(20)28)36-23-13-17(7-10-30-23)16-3-4-16/h2,5-8,10-11,13-14,16,18H,1,3-4,9,12,15H2,(H2,29,31). The molecule has 1 aromatic carbocycles. The van der Waals surface area contributed by atoms with Gasteiger partial charge in [0.15, 0.2) is 5.82 Å². The van der Waals surface area contributed by atoms with E-state index in [4.69, 9.17) is 15.5 Å². The Morgan fingerprint density at radius 3 is 2.72 bits per heavy atom. The molecule has 3 aromatic heterocycles. The number of pyridine rings is 1. The fraction of sp³-hybridized carbons (Fsp3) is 0.259. The Hall–Kier alpha value is -4.27. The molecule has 2 fully saturated rings. The molecule has 1 amide bonds. The molecule has 4 aromatic rings. The van der Waals surface area contributed by atoms with E-state index in [0.717, 1.165) is 17.6 Å². The quantitative estimate of drug-likeness (QED) is 0.399. The lowest BCUT2D eigenvalue weighted by Crippen LogP contribution is -2.26. The molecule has 1 aliphatic carbocycles. The Balaban J connectivity index is 1.34. The third kappa shape index (κ3) is 3.96. The molecule has 0 radical (unpaired) electrons. The van der Waals surface area contributed by atoms with Crippen LogP contribution < -0.4 is 10.5 Å². The lowest BCUT2D eigenvalue weighted by Gasteiger charge is -2.13.